The van der Waals surface area contributed by atoms with Gasteiger partial charge in [0.15, 0.2) is 5.78 Å². The van der Waals surface area contributed by atoms with E-state index < -0.39 is 11.8 Å². The molecular formula is C20H17ClN2O4. The summed E-state index contributed by atoms with van der Waals surface area (Å²) in [6, 6.07) is 11.9. The second kappa shape index (κ2) is 7.73. The Balaban J connectivity index is 1.85. The fourth-order valence-electron chi connectivity index (χ4n) is 2.69. The van der Waals surface area contributed by atoms with E-state index in [1.54, 1.807) is 24.3 Å². The first-order chi connectivity index (χ1) is 12.9. The number of nitrogens with one attached hydrogen (secondary N) is 1. The van der Waals surface area contributed by atoms with Crippen LogP contribution >= 0.6 is 11.6 Å². The molecule has 0 atom stereocenters. The van der Waals surface area contributed by atoms with Gasteiger partial charge in [0.1, 0.15) is 5.70 Å². The third kappa shape index (κ3) is 3.92. The Kier molecular flexibility index (Phi) is 5.39. The number of anilines is 1. The molecule has 0 spiro atoms. The van der Waals surface area contributed by atoms with E-state index >= 15 is 0 Å². The number of hydrogen-bond acceptors (Lipinski definition) is 5. The number of benzene rings is 2. The standard InChI is InChI=1S/C20H17ClN2O4/c1-12-2-4-13(5-3-12)19(26)14-6-7-15(21)16(10-14)22-17-11-18(25)23(8-9-24)20(17)27/h2-7,10-11,22,24H,8-9H2,1H3. The molecule has 2 aromatic carbocycles. The van der Waals surface area contributed by atoms with Crippen molar-refractivity contribution in [3.05, 3.63) is 76.0 Å². The number of β-amino-alcohol motifs (C(OH)–C–C–N with tert-alkyl or cyclic N) is 1. The van der Waals surface area contributed by atoms with Crippen LogP contribution in [-0.2, 0) is 9.59 Å². The molecule has 0 bridgehead atoms. The van der Waals surface area contributed by atoms with Crippen molar-refractivity contribution < 1.29 is 19.5 Å². The maximum absolute atomic E-state index is 12.7. The number of rotatable bonds is 6. The van der Waals surface area contributed by atoms with E-state index in [9.17, 15) is 14.4 Å². The first kappa shape index (κ1) is 18.8. The molecule has 0 aromatic heterocycles. The van der Waals surface area contributed by atoms with Gasteiger partial charge in [0.05, 0.1) is 23.9 Å². The second-order valence-corrected chi connectivity index (χ2v) is 6.50. The van der Waals surface area contributed by atoms with Crippen LogP contribution in [0.3, 0.4) is 0 Å². The van der Waals surface area contributed by atoms with E-state index in [1.165, 1.54) is 6.07 Å². The van der Waals surface area contributed by atoms with Crippen LogP contribution in [0.15, 0.2) is 54.2 Å². The van der Waals surface area contributed by atoms with E-state index in [4.69, 9.17) is 16.7 Å². The van der Waals surface area contributed by atoms with Crippen molar-refractivity contribution in [2.24, 2.45) is 0 Å². The van der Waals surface area contributed by atoms with Gasteiger partial charge < -0.3 is 10.4 Å². The number of amides is 2. The molecule has 0 saturated heterocycles. The van der Waals surface area contributed by atoms with Gasteiger partial charge >= 0.3 is 0 Å². The Hall–Kier alpha value is -2.96. The molecule has 27 heavy (non-hydrogen) atoms. The second-order valence-electron chi connectivity index (χ2n) is 6.09. The van der Waals surface area contributed by atoms with Gasteiger partial charge in [-0.1, -0.05) is 41.4 Å². The molecule has 138 valence electrons. The predicted octanol–water partition coefficient (Wildman–Crippen LogP) is 2.54. The number of carbonyl (C=O) groups is 3. The average Bonchev–Trinajstić information content (AvgIpc) is 2.91. The number of halogens is 1. The molecule has 7 heteroatoms. The Labute approximate surface area is 161 Å². The predicted molar refractivity (Wildman–Crippen MR) is 102 cm³/mol. The van der Waals surface area contributed by atoms with Crippen LogP contribution in [0.1, 0.15) is 21.5 Å². The smallest absolute Gasteiger partial charge is 0.277 e. The monoisotopic (exact) mass is 384 g/mol. The van der Waals surface area contributed by atoms with Crippen molar-refractivity contribution in [1.29, 1.82) is 0 Å². The molecule has 0 fully saturated rings. The van der Waals surface area contributed by atoms with E-state index in [0.29, 0.717) is 21.8 Å². The van der Waals surface area contributed by atoms with Crippen LogP contribution in [0.5, 0.6) is 0 Å². The minimum atomic E-state index is -0.555. The van der Waals surface area contributed by atoms with E-state index in [-0.39, 0.29) is 24.6 Å². The summed E-state index contributed by atoms with van der Waals surface area (Å²) in [5.41, 5.74) is 2.36. The molecule has 0 saturated carbocycles. The number of hydrogen-bond donors (Lipinski definition) is 2. The molecule has 2 N–H and O–H groups in total. The number of aliphatic hydroxyl groups is 1. The molecule has 3 rings (SSSR count). The van der Waals surface area contributed by atoms with Crippen LogP contribution < -0.4 is 5.32 Å². The van der Waals surface area contributed by atoms with Gasteiger partial charge in [-0.2, -0.15) is 0 Å². The van der Waals surface area contributed by atoms with Crippen molar-refractivity contribution in [1.82, 2.24) is 4.90 Å². The van der Waals surface area contributed by atoms with Crippen LogP contribution in [-0.4, -0.2) is 40.8 Å². The highest BCUT2D eigenvalue weighted by atomic mass is 35.5. The number of carbonyl (C=O) groups excluding carboxylic acids is 3. The van der Waals surface area contributed by atoms with Gasteiger partial charge in [-0.3, -0.25) is 19.3 Å². The lowest BCUT2D eigenvalue weighted by atomic mass is 10.0. The highest BCUT2D eigenvalue weighted by Gasteiger charge is 2.31. The lowest BCUT2D eigenvalue weighted by Crippen LogP contribution is -2.34. The molecule has 1 aliphatic rings. The van der Waals surface area contributed by atoms with Gasteiger partial charge in [-0.15, -0.1) is 0 Å². The number of aryl methyl sites for hydroxylation is 1. The zero-order chi connectivity index (χ0) is 19.6. The summed E-state index contributed by atoms with van der Waals surface area (Å²) in [4.78, 5) is 37.7. The summed E-state index contributed by atoms with van der Waals surface area (Å²) in [6.07, 6.45) is 1.14. The summed E-state index contributed by atoms with van der Waals surface area (Å²) < 4.78 is 0. The van der Waals surface area contributed by atoms with Gasteiger partial charge in [-0.05, 0) is 25.1 Å². The zero-order valence-corrected chi connectivity index (χ0v) is 15.3. The summed E-state index contributed by atoms with van der Waals surface area (Å²) in [5, 5.41) is 12.1. The molecule has 0 aliphatic carbocycles. The Bertz CT molecular complexity index is 951. The number of ketones is 1. The van der Waals surface area contributed by atoms with E-state index in [2.05, 4.69) is 5.32 Å². The molecular weight excluding hydrogens is 368 g/mol. The van der Waals surface area contributed by atoms with Crippen molar-refractivity contribution in [3.8, 4) is 0 Å². The topological polar surface area (TPSA) is 86.7 Å². The number of imide groups is 1. The number of aliphatic hydroxyl groups excluding tert-OH is 1. The molecule has 1 aliphatic heterocycles. The summed E-state index contributed by atoms with van der Waals surface area (Å²) in [5.74, 6) is -1.25. The first-order valence-electron chi connectivity index (χ1n) is 8.27. The normalized spacial score (nSPS) is 13.7. The first-order valence-corrected chi connectivity index (χ1v) is 8.65. The van der Waals surface area contributed by atoms with Crippen LogP contribution in [0, 0.1) is 6.92 Å². The quantitative estimate of drug-likeness (QED) is 0.590. The minimum Gasteiger partial charge on any atom is -0.395 e. The molecule has 2 aromatic rings. The maximum atomic E-state index is 12.7. The van der Waals surface area contributed by atoms with Gasteiger partial charge in [-0.25, -0.2) is 0 Å². The summed E-state index contributed by atoms with van der Waals surface area (Å²) in [7, 11) is 0. The van der Waals surface area contributed by atoms with Crippen molar-refractivity contribution in [3.63, 3.8) is 0 Å². The van der Waals surface area contributed by atoms with Crippen molar-refractivity contribution in [2.75, 3.05) is 18.5 Å². The van der Waals surface area contributed by atoms with Crippen LogP contribution in [0.2, 0.25) is 5.02 Å². The number of nitrogens with zero attached hydrogens (tertiary/aromatic N) is 1. The fraction of sp³-hybridized carbons (Fsp3) is 0.150. The summed E-state index contributed by atoms with van der Waals surface area (Å²) in [6.45, 7) is 1.53. The van der Waals surface area contributed by atoms with E-state index in [1.807, 2.05) is 19.1 Å². The van der Waals surface area contributed by atoms with Crippen LogP contribution in [0.4, 0.5) is 5.69 Å². The molecule has 6 nitrogen and oxygen atoms in total. The highest BCUT2D eigenvalue weighted by molar-refractivity contribution is 6.33. The largest absolute Gasteiger partial charge is 0.395 e. The van der Waals surface area contributed by atoms with Gasteiger partial charge in [0.2, 0.25) is 0 Å². The SMILES string of the molecule is Cc1ccc(C(=O)c2ccc(Cl)c(NC3=CC(=O)N(CCO)C3=O)c2)cc1. The third-order valence-corrected chi connectivity index (χ3v) is 4.47. The zero-order valence-electron chi connectivity index (χ0n) is 14.5. The Morgan fingerprint density at radius 2 is 1.78 bits per heavy atom. The van der Waals surface area contributed by atoms with E-state index in [0.717, 1.165) is 16.5 Å². The van der Waals surface area contributed by atoms with Crippen LogP contribution in [0.25, 0.3) is 0 Å². The lowest BCUT2D eigenvalue weighted by molar-refractivity contribution is -0.137. The minimum absolute atomic E-state index is 0.0373. The summed E-state index contributed by atoms with van der Waals surface area (Å²) >= 11 is 6.18. The van der Waals surface area contributed by atoms with Crippen molar-refractivity contribution >= 4 is 34.9 Å². The molecule has 2 amide bonds. The average molecular weight is 385 g/mol. The molecule has 0 unspecified atom stereocenters. The fourth-order valence-corrected chi connectivity index (χ4v) is 2.85. The van der Waals surface area contributed by atoms with Crippen molar-refractivity contribution in [2.45, 2.75) is 6.92 Å². The Morgan fingerprint density at radius 1 is 1.11 bits per heavy atom. The molecule has 0 radical (unpaired) electrons. The highest BCUT2D eigenvalue weighted by Crippen LogP contribution is 2.27. The third-order valence-electron chi connectivity index (χ3n) is 4.14. The van der Waals surface area contributed by atoms with Gasteiger partial charge in [0.25, 0.3) is 11.8 Å². The van der Waals surface area contributed by atoms with Gasteiger partial charge in [0, 0.05) is 17.2 Å². The lowest BCUT2D eigenvalue weighted by Gasteiger charge is -2.14. The maximum Gasteiger partial charge on any atom is 0.277 e. The Morgan fingerprint density at radius 3 is 2.44 bits per heavy atom. The molecule has 1 heterocycles.